The van der Waals surface area contributed by atoms with E-state index in [1.807, 2.05) is 18.2 Å². The highest BCUT2D eigenvalue weighted by atomic mass is 16.5. The quantitative estimate of drug-likeness (QED) is 0.382. The molecular formula is C31H43NO2. The first-order valence-corrected chi connectivity index (χ1v) is 14.1. The third-order valence-electron chi connectivity index (χ3n) is 10.8. The number of hydrogen-bond acceptors (Lipinski definition) is 3. The second-order valence-electron chi connectivity index (χ2n) is 12.7. The molecule has 1 aromatic rings. The molecule has 6 rings (SSSR count). The number of benzene rings is 1. The maximum Gasteiger partial charge on any atom is 0.306 e. The molecule has 5 aliphatic rings. The summed E-state index contributed by atoms with van der Waals surface area (Å²) >= 11 is 0. The zero-order chi connectivity index (χ0) is 23.3. The van der Waals surface area contributed by atoms with Crippen LogP contribution in [0, 0.1) is 28.6 Å². The summed E-state index contributed by atoms with van der Waals surface area (Å²) in [5.41, 5.74) is 3.63. The number of ether oxygens (including phenoxy) is 1. The Balaban J connectivity index is 1.09. The SMILES string of the molecule is C[C@]12CC[C@H]3[C@@H](CC=C4C[C@@H](OC(=O)CCc5ccccc5)CC[C@@]43C)[C@@H]1CC[C@@H]2NC1CC1. The van der Waals surface area contributed by atoms with Crippen LogP contribution in [0.15, 0.2) is 42.0 Å². The van der Waals surface area contributed by atoms with Gasteiger partial charge in [-0.3, -0.25) is 4.79 Å². The van der Waals surface area contributed by atoms with E-state index >= 15 is 0 Å². The number of hydrogen-bond donors (Lipinski definition) is 1. The van der Waals surface area contributed by atoms with Crippen molar-refractivity contribution in [2.24, 2.45) is 28.6 Å². The van der Waals surface area contributed by atoms with Gasteiger partial charge in [0, 0.05) is 24.9 Å². The highest BCUT2D eigenvalue weighted by Gasteiger charge is 2.59. The molecule has 3 heteroatoms. The summed E-state index contributed by atoms with van der Waals surface area (Å²) in [7, 11) is 0. The predicted octanol–water partition coefficient (Wildman–Crippen LogP) is 6.61. The van der Waals surface area contributed by atoms with Gasteiger partial charge in [0.15, 0.2) is 0 Å². The number of allylic oxidation sites excluding steroid dienone is 1. The van der Waals surface area contributed by atoms with Crippen LogP contribution < -0.4 is 5.32 Å². The van der Waals surface area contributed by atoms with E-state index in [1.165, 1.54) is 56.9 Å². The molecule has 0 amide bonds. The van der Waals surface area contributed by atoms with E-state index in [2.05, 4.69) is 37.4 Å². The van der Waals surface area contributed by atoms with Gasteiger partial charge in [0.1, 0.15) is 6.10 Å². The van der Waals surface area contributed by atoms with Crippen molar-refractivity contribution in [3.63, 3.8) is 0 Å². The lowest BCUT2D eigenvalue weighted by atomic mass is 9.48. The fourth-order valence-corrected chi connectivity index (χ4v) is 8.67. The molecule has 5 aliphatic carbocycles. The largest absolute Gasteiger partial charge is 0.462 e. The summed E-state index contributed by atoms with van der Waals surface area (Å²) < 4.78 is 6.00. The zero-order valence-corrected chi connectivity index (χ0v) is 21.2. The lowest BCUT2D eigenvalue weighted by molar-refractivity contribution is -0.151. The Hall–Kier alpha value is -1.61. The Morgan fingerprint density at radius 3 is 2.62 bits per heavy atom. The molecule has 0 unspecified atom stereocenters. The molecule has 0 aliphatic heterocycles. The van der Waals surface area contributed by atoms with Crippen molar-refractivity contribution in [1.82, 2.24) is 5.32 Å². The van der Waals surface area contributed by atoms with Crippen molar-refractivity contribution >= 4 is 5.97 Å². The monoisotopic (exact) mass is 461 g/mol. The molecule has 1 N–H and O–H groups in total. The van der Waals surface area contributed by atoms with Gasteiger partial charge in [-0.25, -0.2) is 0 Å². The second kappa shape index (κ2) is 8.80. The van der Waals surface area contributed by atoms with Gasteiger partial charge in [-0.15, -0.1) is 0 Å². The Kier molecular flexibility index (Phi) is 5.91. The van der Waals surface area contributed by atoms with Crippen LogP contribution in [-0.2, 0) is 16.0 Å². The number of carbonyl (C=O) groups excluding carboxylic acids is 1. The molecule has 0 radical (unpaired) electrons. The molecule has 184 valence electrons. The number of carbonyl (C=O) groups is 1. The summed E-state index contributed by atoms with van der Waals surface area (Å²) in [5, 5.41) is 4.03. The van der Waals surface area contributed by atoms with Crippen molar-refractivity contribution < 1.29 is 9.53 Å². The van der Waals surface area contributed by atoms with Gasteiger partial charge in [-0.2, -0.15) is 0 Å². The molecule has 7 atom stereocenters. The fourth-order valence-electron chi connectivity index (χ4n) is 8.67. The Labute approximate surface area is 206 Å². The van der Waals surface area contributed by atoms with Gasteiger partial charge >= 0.3 is 5.97 Å². The minimum Gasteiger partial charge on any atom is -0.462 e. The Bertz CT molecular complexity index is 936. The molecule has 0 spiro atoms. The van der Waals surface area contributed by atoms with Crippen molar-refractivity contribution in [3.8, 4) is 0 Å². The number of aryl methyl sites for hydroxylation is 1. The number of nitrogens with one attached hydrogen (secondary N) is 1. The molecule has 0 heterocycles. The highest BCUT2D eigenvalue weighted by Crippen LogP contribution is 2.65. The average Bonchev–Trinajstić information content (AvgIpc) is 3.60. The van der Waals surface area contributed by atoms with Crippen molar-refractivity contribution in [1.29, 1.82) is 0 Å². The van der Waals surface area contributed by atoms with E-state index in [9.17, 15) is 4.79 Å². The number of rotatable bonds is 6. The van der Waals surface area contributed by atoms with Gasteiger partial charge in [-0.1, -0.05) is 55.8 Å². The van der Waals surface area contributed by atoms with E-state index in [1.54, 1.807) is 5.57 Å². The Morgan fingerprint density at radius 1 is 1.00 bits per heavy atom. The topological polar surface area (TPSA) is 38.3 Å². The van der Waals surface area contributed by atoms with E-state index in [4.69, 9.17) is 4.74 Å². The molecule has 34 heavy (non-hydrogen) atoms. The van der Waals surface area contributed by atoms with Crippen LogP contribution in [0.5, 0.6) is 0 Å². The smallest absolute Gasteiger partial charge is 0.306 e. The van der Waals surface area contributed by atoms with Gasteiger partial charge in [0.05, 0.1) is 0 Å². The molecule has 0 bridgehead atoms. The van der Waals surface area contributed by atoms with Crippen LogP contribution in [0.3, 0.4) is 0 Å². The third-order valence-corrected chi connectivity index (χ3v) is 10.8. The second-order valence-corrected chi connectivity index (χ2v) is 12.7. The molecule has 3 nitrogen and oxygen atoms in total. The van der Waals surface area contributed by atoms with Crippen LogP contribution in [0.1, 0.15) is 90.0 Å². The first-order valence-electron chi connectivity index (χ1n) is 14.1. The molecule has 0 aromatic heterocycles. The molecule has 1 aromatic carbocycles. The number of esters is 1. The average molecular weight is 462 g/mol. The number of fused-ring (bicyclic) bond motifs is 5. The van der Waals surface area contributed by atoms with Gasteiger partial charge in [0.2, 0.25) is 0 Å². The fraction of sp³-hybridized carbons (Fsp3) is 0.710. The van der Waals surface area contributed by atoms with E-state index in [-0.39, 0.29) is 12.1 Å². The maximum absolute atomic E-state index is 12.6. The van der Waals surface area contributed by atoms with Crippen molar-refractivity contribution in [2.45, 2.75) is 109 Å². The van der Waals surface area contributed by atoms with Crippen LogP contribution in [-0.4, -0.2) is 24.2 Å². The van der Waals surface area contributed by atoms with Crippen LogP contribution in [0.2, 0.25) is 0 Å². The summed E-state index contributed by atoms with van der Waals surface area (Å²) in [6, 6.07) is 11.8. The highest BCUT2D eigenvalue weighted by molar-refractivity contribution is 5.70. The summed E-state index contributed by atoms with van der Waals surface area (Å²) in [5.74, 6) is 2.52. The van der Waals surface area contributed by atoms with Crippen LogP contribution >= 0.6 is 0 Å². The van der Waals surface area contributed by atoms with Crippen molar-refractivity contribution in [3.05, 3.63) is 47.5 Å². The lowest BCUT2D eigenvalue weighted by Crippen LogP contribution is -2.53. The normalized spacial score (nSPS) is 41.1. The molecule has 4 fully saturated rings. The molecule has 4 saturated carbocycles. The summed E-state index contributed by atoms with van der Waals surface area (Å²) in [6.45, 7) is 5.18. The first-order chi connectivity index (χ1) is 16.5. The minimum atomic E-state index is -0.0275. The van der Waals surface area contributed by atoms with E-state index in [0.29, 0.717) is 17.3 Å². The third kappa shape index (κ3) is 4.06. The molecule has 0 saturated heterocycles. The zero-order valence-electron chi connectivity index (χ0n) is 21.2. The standard InChI is InChI=1S/C31H43NO2/c1-30-18-16-24(34-29(33)15-8-21-6-4-3-5-7-21)20-22(30)9-12-25-26-13-14-28(32-23-10-11-23)31(26,2)19-17-27(25)30/h3-7,9,23-28,32H,8,10-20H2,1-2H3/t24-,25-,26-,27-,28-,30-,31-/m0/s1. The Morgan fingerprint density at radius 2 is 1.82 bits per heavy atom. The van der Waals surface area contributed by atoms with Gasteiger partial charge in [-0.05, 0) is 98.4 Å². The van der Waals surface area contributed by atoms with Crippen LogP contribution in [0.25, 0.3) is 0 Å². The summed E-state index contributed by atoms with van der Waals surface area (Å²) in [6.07, 6.45) is 16.7. The molecular weight excluding hydrogens is 418 g/mol. The lowest BCUT2D eigenvalue weighted by Gasteiger charge is -2.58. The van der Waals surface area contributed by atoms with E-state index in [0.717, 1.165) is 49.1 Å². The van der Waals surface area contributed by atoms with E-state index < -0.39 is 0 Å². The van der Waals surface area contributed by atoms with Crippen molar-refractivity contribution in [2.75, 3.05) is 0 Å². The van der Waals surface area contributed by atoms with Gasteiger partial charge in [0.25, 0.3) is 0 Å². The summed E-state index contributed by atoms with van der Waals surface area (Å²) in [4.78, 5) is 12.6. The minimum absolute atomic E-state index is 0.0275. The predicted molar refractivity (Wildman–Crippen MR) is 136 cm³/mol. The maximum atomic E-state index is 12.6. The van der Waals surface area contributed by atoms with Crippen LogP contribution in [0.4, 0.5) is 0 Å². The first kappa shape index (κ1) is 22.8. The van der Waals surface area contributed by atoms with Gasteiger partial charge < -0.3 is 10.1 Å².